The van der Waals surface area contributed by atoms with Crippen LogP contribution in [0.2, 0.25) is 10.3 Å². The van der Waals surface area contributed by atoms with Crippen molar-refractivity contribution in [3.8, 4) is 0 Å². The minimum atomic E-state index is -0.959. The van der Waals surface area contributed by atoms with Gasteiger partial charge in [-0.05, 0) is 5.92 Å². The lowest BCUT2D eigenvalue weighted by molar-refractivity contribution is -0.138. The molecule has 1 atom stereocenters. The van der Waals surface area contributed by atoms with Crippen molar-refractivity contribution in [2.45, 2.75) is 19.9 Å². The van der Waals surface area contributed by atoms with Gasteiger partial charge >= 0.3 is 5.97 Å². The fourth-order valence-corrected chi connectivity index (χ4v) is 1.43. The van der Waals surface area contributed by atoms with E-state index in [1.54, 1.807) is 13.8 Å². The molecule has 1 heterocycles. The molecule has 16 heavy (non-hydrogen) atoms. The summed E-state index contributed by atoms with van der Waals surface area (Å²) in [6, 6.07) is 0.688. The van der Waals surface area contributed by atoms with E-state index in [1.165, 1.54) is 6.07 Å². The van der Waals surface area contributed by atoms with Crippen molar-refractivity contribution in [3.05, 3.63) is 16.4 Å². The average molecular weight is 264 g/mol. The van der Waals surface area contributed by atoms with Crippen LogP contribution in [0.1, 0.15) is 13.8 Å². The van der Waals surface area contributed by atoms with Crippen molar-refractivity contribution in [2.24, 2.45) is 5.92 Å². The zero-order valence-corrected chi connectivity index (χ0v) is 10.2. The van der Waals surface area contributed by atoms with Crippen LogP contribution in [0.15, 0.2) is 6.07 Å². The zero-order valence-electron chi connectivity index (χ0n) is 8.74. The highest BCUT2D eigenvalue weighted by Gasteiger charge is 2.22. The summed E-state index contributed by atoms with van der Waals surface area (Å²) >= 11 is 11.4. The number of nitrogens with one attached hydrogen (secondary N) is 1. The maximum absolute atomic E-state index is 11.0. The number of carbonyl (C=O) groups is 1. The molecule has 0 fully saturated rings. The third-order valence-electron chi connectivity index (χ3n) is 1.96. The number of anilines is 1. The molecule has 5 nitrogen and oxygen atoms in total. The summed E-state index contributed by atoms with van der Waals surface area (Å²) in [4.78, 5) is 11.0. The molecule has 0 amide bonds. The van der Waals surface area contributed by atoms with E-state index in [1.807, 2.05) is 0 Å². The largest absolute Gasteiger partial charge is 0.480 e. The molecular formula is C9H11Cl2N3O2. The molecule has 2 N–H and O–H groups in total. The Labute approximate surface area is 103 Å². The highest BCUT2D eigenvalue weighted by Crippen LogP contribution is 2.23. The third-order valence-corrected chi connectivity index (χ3v) is 2.43. The first-order chi connectivity index (χ1) is 7.41. The molecule has 1 aromatic rings. The number of aliphatic carboxylic acids is 1. The first-order valence-electron chi connectivity index (χ1n) is 4.60. The topological polar surface area (TPSA) is 75.1 Å². The molecule has 0 aliphatic rings. The minimum Gasteiger partial charge on any atom is -0.480 e. The van der Waals surface area contributed by atoms with Gasteiger partial charge in [0.05, 0.1) is 5.69 Å². The van der Waals surface area contributed by atoms with Crippen LogP contribution in [0.3, 0.4) is 0 Å². The fraction of sp³-hybridized carbons (Fsp3) is 0.444. The van der Waals surface area contributed by atoms with Crippen LogP contribution in [0.25, 0.3) is 0 Å². The standard InChI is InChI=1S/C9H11Cl2N3O2/c1-4(2)7(9(15)16)12-5-3-6(10)13-14-8(5)11/h3-4,7H,1-2H3,(H,12,13)(H,15,16)/t7-/m0/s1. The summed E-state index contributed by atoms with van der Waals surface area (Å²) in [5.74, 6) is -1.06. The Morgan fingerprint density at radius 2 is 2.06 bits per heavy atom. The van der Waals surface area contributed by atoms with Crippen LogP contribution in [-0.4, -0.2) is 27.3 Å². The maximum Gasteiger partial charge on any atom is 0.326 e. The van der Waals surface area contributed by atoms with Crippen molar-refractivity contribution >= 4 is 34.9 Å². The molecular weight excluding hydrogens is 253 g/mol. The normalized spacial score (nSPS) is 12.6. The molecule has 0 aliphatic carbocycles. The van der Waals surface area contributed by atoms with Gasteiger partial charge in [-0.25, -0.2) is 4.79 Å². The average Bonchev–Trinajstić information content (AvgIpc) is 2.18. The van der Waals surface area contributed by atoms with Gasteiger partial charge in [-0.2, -0.15) is 0 Å². The SMILES string of the molecule is CC(C)[C@H](Nc1cc(Cl)nnc1Cl)C(=O)O. The minimum absolute atomic E-state index is 0.0938. The van der Waals surface area contributed by atoms with Gasteiger partial charge in [0.25, 0.3) is 0 Å². The number of hydrogen-bond donors (Lipinski definition) is 2. The van der Waals surface area contributed by atoms with E-state index in [0.717, 1.165) is 0 Å². The predicted molar refractivity (Wildman–Crippen MR) is 61.9 cm³/mol. The fourth-order valence-electron chi connectivity index (χ4n) is 1.14. The smallest absolute Gasteiger partial charge is 0.326 e. The van der Waals surface area contributed by atoms with Crippen molar-refractivity contribution < 1.29 is 9.90 Å². The molecule has 0 radical (unpaired) electrons. The van der Waals surface area contributed by atoms with E-state index >= 15 is 0 Å². The van der Waals surface area contributed by atoms with Crippen LogP contribution in [-0.2, 0) is 4.79 Å². The Morgan fingerprint density at radius 1 is 1.44 bits per heavy atom. The third kappa shape index (κ3) is 3.21. The highest BCUT2D eigenvalue weighted by atomic mass is 35.5. The van der Waals surface area contributed by atoms with Gasteiger partial charge in [-0.1, -0.05) is 37.0 Å². The first kappa shape index (κ1) is 13.0. The van der Waals surface area contributed by atoms with Gasteiger partial charge in [0.15, 0.2) is 10.3 Å². The maximum atomic E-state index is 11.0. The van der Waals surface area contributed by atoms with Gasteiger partial charge in [0.1, 0.15) is 6.04 Å². The van der Waals surface area contributed by atoms with E-state index < -0.39 is 12.0 Å². The van der Waals surface area contributed by atoms with Crippen LogP contribution < -0.4 is 5.32 Å². The molecule has 0 saturated carbocycles. The number of aromatic nitrogens is 2. The summed E-state index contributed by atoms with van der Waals surface area (Å²) in [5, 5.41) is 19.1. The van der Waals surface area contributed by atoms with Crippen molar-refractivity contribution in [2.75, 3.05) is 5.32 Å². The van der Waals surface area contributed by atoms with Gasteiger partial charge < -0.3 is 10.4 Å². The number of rotatable bonds is 4. The van der Waals surface area contributed by atoms with Crippen LogP contribution >= 0.6 is 23.2 Å². The van der Waals surface area contributed by atoms with Gasteiger partial charge in [-0.3, -0.25) is 0 Å². The summed E-state index contributed by atoms with van der Waals surface area (Å²) in [7, 11) is 0. The lowest BCUT2D eigenvalue weighted by Crippen LogP contribution is -2.34. The summed E-state index contributed by atoms with van der Waals surface area (Å²) in [6.07, 6.45) is 0. The predicted octanol–water partition coefficient (Wildman–Crippen LogP) is 2.30. The quantitative estimate of drug-likeness (QED) is 0.872. The lowest BCUT2D eigenvalue weighted by Gasteiger charge is -2.19. The van der Waals surface area contributed by atoms with E-state index in [0.29, 0.717) is 5.69 Å². The van der Waals surface area contributed by atoms with E-state index in [4.69, 9.17) is 28.3 Å². The monoisotopic (exact) mass is 263 g/mol. The molecule has 0 unspecified atom stereocenters. The Balaban J connectivity index is 2.93. The lowest BCUT2D eigenvalue weighted by atomic mass is 10.0. The summed E-state index contributed by atoms with van der Waals surface area (Å²) in [5.41, 5.74) is 0.364. The highest BCUT2D eigenvalue weighted by molar-refractivity contribution is 6.33. The zero-order chi connectivity index (χ0) is 12.3. The Kier molecular flexibility index (Phi) is 4.32. The van der Waals surface area contributed by atoms with Gasteiger partial charge in [-0.15, -0.1) is 10.2 Å². The molecule has 0 bridgehead atoms. The Bertz CT molecular complexity index is 398. The molecule has 1 rings (SSSR count). The number of nitrogens with zero attached hydrogens (tertiary/aromatic N) is 2. The van der Waals surface area contributed by atoms with Crippen molar-refractivity contribution in [1.29, 1.82) is 0 Å². The molecule has 0 aromatic carbocycles. The second-order valence-electron chi connectivity index (χ2n) is 3.58. The Hall–Kier alpha value is -1.07. The molecule has 7 heteroatoms. The van der Waals surface area contributed by atoms with E-state index in [2.05, 4.69) is 15.5 Å². The molecule has 0 aliphatic heterocycles. The number of halogens is 2. The van der Waals surface area contributed by atoms with Crippen molar-refractivity contribution in [1.82, 2.24) is 10.2 Å². The van der Waals surface area contributed by atoms with E-state index in [9.17, 15) is 4.79 Å². The molecule has 1 aromatic heterocycles. The number of carboxylic acid groups (broad SMARTS) is 1. The Morgan fingerprint density at radius 3 is 2.56 bits per heavy atom. The van der Waals surface area contributed by atoms with Crippen LogP contribution in [0, 0.1) is 5.92 Å². The molecule has 0 saturated heterocycles. The summed E-state index contributed by atoms with van der Waals surface area (Å²) in [6.45, 7) is 3.58. The second-order valence-corrected chi connectivity index (χ2v) is 4.32. The second kappa shape index (κ2) is 5.32. The number of carboxylic acids is 1. The van der Waals surface area contributed by atoms with Crippen LogP contribution in [0.5, 0.6) is 0 Å². The van der Waals surface area contributed by atoms with Gasteiger partial charge in [0, 0.05) is 6.07 Å². The van der Waals surface area contributed by atoms with E-state index in [-0.39, 0.29) is 16.2 Å². The van der Waals surface area contributed by atoms with Gasteiger partial charge in [0.2, 0.25) is 0 Å². The first-order valence-corrected chi connectivity index (χ1v) is 5.35. The van der Waals surface area contributed by atoms with Crippen molar-refractivity contribution in [3.63, 3.8) is 0 Å². The summed E-state index contributed by atoms with van der Waals surface area (Å²) < 4.78 is 0. The molecule has 88 valence electrons. The number of hydrogen-bond acceptors (Lipinski definition) is 4. The van der Waals surface area contributed by atoms with Crippen LogP contribution in [0.4, 0.5) is 5.69 Å². The molecule has 0 spiro atoms.